The molecule has 2 aliphatic rings. The zero-order valence-electron chi connectivity index (χ0n) is 17.6. The largest absolute Gasteiger partial charge is 0.453 e. The van der Waals surface area contributed by atoms with E-state index in [1.165, 1.54) is 6.07 Å². The summed E-state index contributed by atoms with van der Waals surface area (Å²) in [4.78, 5) is 17.4. The number of ether oxygens (including phenoxy) is 2. The maximum Gasteiger partial charge on any atom is 0.274 e. The van der Waals surface area contributed by atoms with E-state index in [1.807, 2.05) is 13.8 Å². The van der Waals surface area contributed by atoms with Crippen molar-refractivity contribution in [3.63, 3.8) is 0 Å². The van der Waals surface area contributed by atoms with Gasteiger partial charge < -0.3 is 20.1 Å². The number of amides is 1. The van der Waals surface area contributed by atoms with Crippen molar-refractivity contribution >= 4 is 27.2 Å². The van der Waals surface area contributed by atoms with Crippen molar-refractivity contribution in [3.8, 4) is 11.5 Å². The van der Waals surface area contributed by atoms with Gasteiger partial charge in [0.1, 0.15) is 27.3 Å². The summed E-state index contributed by atoms with van der Waals surface area (Å²) < 4.78 is 61.3. The average molecular weight is 467 g/mol. The van der Waals surface area contributed by atoms with Gasteiger partial charge in [-0.15, -0.1) is 0 Å². The van der Waals surface area contributed by atoms with Gasteiger partial charge in [0.25, 0.3) is 5.91 Å². The first kappa shape index (κ1) is 22.3. The van der Waals surface area contributed by atoms with Gasteiger partial charge in [-0.05, 0) is 44.7 Å². The van der Waals surface area contributed by atoms with Crippen LogP contribution in [0.5, 0.6) is 11.5 Å². The number of pyridine rings is 1. The lowest BCUT2D eigenvalue weighted by Crippen LogP contribution is -2.51. The van der Waals surface area contributed by atoms with Gasteiger partial charge in [-0.25, -0.2) is 22.2 Å². The van der Waals surface area contributed by atoms with E-state index >= 15 is 0 Å². The summed E-state index contributed by atoms with van der Waals surface area (Å²) in [5.74, 6) is -1.32. The molecule has 8 nitrogen and oxygen atoms in total. The summed E-state index contributed by atoms with van der Waals surface area (Å²) in [6, 6.07) is 4.40. The fourth-order valence-corrected chi connectivity index (χ4v) is 5.46. The Labute approximate surface area is 184 Å². The zero-order chi connectivity index (χ0) is 23.1. The molecule has 0 saturated carbocycles. The predicted molar refractivity (Wildman–Crippen MR) is 113 cm³/mol. The number of nitrogens with one attached hydrogen (secondary N) is 2. The second kappa shape index (κ2) is 8.19. The number of benzene rings is 1. The monoisotopic (exact) mass is 467 g/mol. The van der Waals surface area contributed by atoms with Crippen LogP contribution in [0.15, 0.2) is 24.3 Å². The molecule has 1 fully saturated rings. The minimum atomic E-state index is -3.03. The molecule has 11 heteroatoms. The van der Waals surface area contributed by atoms with Crippen molar-refractivity contribution in [2.24, 2.45) is 5.92 Å². The third-order valence-corrected chi connectivity index (χ3v) is 7.43. The summed E-state index contributed by atoms with van der Waals surface area (Å²) in [6.45, 7) is 3.57. The number of anilines is 2. The van der Waals surface area contributed by atoms with Crippen molar-refractivity contribution in [1.82, 2.24) is 10.3 Å². The molecule has 1 amide bonds. The van der Waals surface area contributed by atoms with Gasteiger partial charge in [0, 0.05) is 23.4 Å². The molecule has 0 aliphatic carbocycles. The Bertz CT molecular complexity index is 1140. The Balaban J connectivity index is 1.57. The smallest absolute Gasteiger partial charge is 0.274 e. The molecule has 2 N–H and O–H groups in total. The topological polar surface area (TPSA) is 107 Å². The molecule has 1 aromatic heterocycles. The number of halogens is 2. The second-order valence-electron chi connectivity index (χ2n) is 8.47. The first-order chi connectivity index (χ1) is 15.0. The van der Waals surface area contributed by atoms with E-state index in [1.54, 1.807) is 0 Å². The van der Waals surface area contributed by atoms with Gasteiger partial charge in [-0.3, -0.25) is 4.79 Å². The van der Waals surface area contributed by atoms with Gasteiger partial charge in [-0.1, -0.05) is 0 Å². The van der Waals surface area contributed by atoms with E-state index < -0.39 is 32.9 Å². The third-order valence-electron chi connectivity index (χ3n) is 5.72. The fourth-order valence-electron chi connectivity index (χ4n) is 3.97. The van der Waals surface area contributed by atoms with Crippen LogP contribution in [0.2, 0.25) is 0 Å². The van der Waals surface area contributed by atoms with Crippen molar-refractivity contribution in [2.75, 3.05) is 23.6 Å². The van der Waals surface area contributed by atoms with Crippen molar-refractivity contribution in [3.05, 3.63) is 41.6 Å². The van der Waals surface area contributed by atoms with Gasteiger partial charge in [0.2, 0.25) is 6.79 Å². The molecule has 1 saturated heterocycles. The maximum absolute atomic E-state index is 13.5. The van der Waals surface area contributed by atoms with Crippen LogP contribution in [0.1, 0.15) is 37.2 Å². The summed E-state index contributed by atoms with van der Waals surface area (Å²) in [5, 5.41) is 5.70. The molecule has 1 aromatic carbocycles. The number of sulfone groups is 1. The average Bonchev–Trinajstić information content (AvgIpc) is 3.14. The lowest BCUT2D eigenvalue weighted by atomic mass is 9.83. The summed E-state index contributed by atoms with van der Waals surface area (Å²) in [6.07, 6.45) is 0.904. The number of rotatable bonds is 5. The molecule has 0 unspecified atom stereocenters. The summed E-state index contributed by atoms with van der Waals surface area (Å²) >= 11 is 0. The molecule has 0 atom stereocenters. The molecule has 0 bridgehead atoms. The number of fused-ring (bicyclic) bond motifs is 1. The Morgan fingerprint density at radius 2 is 1.75 bits per heavy atom. The molecule has 0 radical (unpaired) electrons. The van der Waals surface area contributed by atoms with Crippen LogP contribution in [0.3, 0.4) is 0 Å². The standard InChI is InChI=1S/C21H23F2N3O5S/c1-21(2,12-3-5-32(28,29)6-4-12)26-20(27)18-19-16(30-11-31-19)10-17(25-18)24-15-8-13(22)7-14(23)9-15/h7-10,12H,3-6,11H2,1-2H3,(H,24,25)(H,26,27). The van der Waals surface area contributed by atoms with E-state index in [0.717, 1.165) is 18.2 Å². The highest BCUT2D eigenvalue weighted by atomic mass is 32.2. The Kier molecular flexibility index (Phi) is 5.70. The summed E-state index contributed by atoms with van der Waals surface area (Å²) in [7, 11) is -3.03. The van der Waals surface area contributed by atoms with E-state index in [4.69, 9.17) is 9.47 Å². The van der Waals surface area contributed by atoms with Crippen LogP contribution in [0.25, 0.3) is 0 Å². The predicted octanol–water partition coefficient (Wildman–Crippen LogP) is 3.17. The van der Waals surface area contributed by atoms with Crippen LogP contribution in [-0.2, 0) is 9.84 Å². The normalized spacial score (nSPS) is 17.8. The highest BCUT2D eigenvalue weighted by Crippen LogP contribution is 2.38. The number of nitrogens with zero attached hydrogens (tertiary/aromatic N) is 1. The number of carbonyl (C=O) groups is 1. The van der Waals surface area contributed by atoms with Crippen molar-refractivity contribution < 1.29 is 31.5 Å². The van der Waals surface area contributed by atoms with Crippen LogP contribution in [-0.4, -0.2) is 43.1 Å². The number of aromatic nitrogens is 1. The Hall–Kier alpha value is -2.95. The minimum absolute atomic E-state index is 0.0308. The van der Waals surface area contributed by atoms with E-state index in [2.05, 4.69) is 15.6 Å². The van der Waals surface area contributed by atoms with E-state index in [9.17, 15) is 22.0 Å². The summed E-state index contributed by atoms with van der Waals surface area (Å²) in [5.41, 5.74) is -0.629. The molecule has 0 spiro atoms. The number of hydrogen-bond acceptors (Lipinski definition) is 7. The quantitative estimate of drug-likeness (QED) is 0.696. The van der Waals surface area contributed by atoms with Crippen LogP contribution >= 0.6 is 0 Å². The molecule has 172 valence electrons. The van der Waals surface area contributed by atoms with Crippen LogP contribution in [0.4, 0.5) is 20.3 Å². The van der Waals surface area contributed by atoms with E-state index in [-0.39, 0.29) is 52.9 Å². The highest BCUT2D eigenvalue weighted by Gasteiger charge is 2.37. The lowest BCUT2D eigenvalue weighted by Gasteiger charge is -2.37. The molecule has 32 heavy (non-hydrogen) atoms. The molecular formula is C21H23F2N3O5S. The molecule has 4 rings (SSSR count). The molecular weight excluding hydrogens is 444 g/mol. The van der Waals surface area contributed by atoms with Crippen molar-refractivity contribution in [2.45, 2.75) is 32.2 Å². The van der Waals surface area contributed by atoms with E-state index in [0.29, 0.717) is 12.8 Å². The molecule has 2 aliphatic heterocycles. The fraction of sp³-hybridized carbons (Fsp3) is 0.429. The first-order valence-electron chi connectivity index (χ1n) is 10.1. The lowest BCUT2D eigenvalue weighted by molar-refractivity contribution is 0.0865. The first-order valence-corrected chi connectivity index (χ1v) is 11.9. The van der Waals surface area contributed by atoms with Gasteiger partial charge in [-0.2, -0.15) is 0 Å². The van der Waals surface area contributed by atoms with Gasteiger partial charge >= 0.3 is 0 Å². The van der Waals surface area contributed by atoms with Gasteiger partial charge in [0.05, 0.1) is 11.5 Å². The van der Waals surface area contributed by atoms with Crippen LogP contribution in [0, 0.1) is 17.6 Å². The zero-order valence-corrected chi connectivity index (χ0v) is 18.4. The Morgan fingerprint density at radius 1 is 1.09 bits per heavy atom. The number of hydrogen-bond donors (Lipinski definition) is 2. The van der Waals surface area contributed by atoms with Crippen molar-refractivity contribution in [1.29, 1.82) is 0 Å². The third kappa shape index (κ3) is 4.77. The highest BCUT2D eigenvalue weighted by molar-refractivity contribution is 7.91. The van der Waals surface area contributed by atoms with Crippen LogP contribution < -0.4 is 20.1 Å². The molecule has 2 aromatic rings. The maximum atomic E-state index is 13.5. The SMILES string of the molecule is CC(C)(NC(=O)c1nc(Nc2cc(F)cc(F)c2)cc2c1OCO2)C1CCS(=O)(=O)CC1. The molecule has 3 heterocycles. The Morgan fingerprint density at radius 3 is 2.41 bits per heavy atom. The minimum Gasteiger partial charge on any atom is -0.453 e. The second-order valence-corrected chi connectivity index (χ2v) is 10.8. The van der Waals surface area contributed by atoms with Gasteiger partial charge in [0.15, 0.2) is 17.2 Å². The number of carbonyl (C=O) groups excluding carboxylic acids is 1.